The first kappa shape index (κ1) is 26.6. The normalized spacial score (nSPS) is 16.4. The molecule has 1 aromatic carbocycles. The molecule has 0 spiro atoms. The van der Waals surface area contributed by atoms with Gasteiger partial charge in [-0.3, -0.25) is 0 Å². The number of piperidine rings is 1. The summed E-state index contributed by atoms with van der Waals surface area (Å²) in [5.74, 6) is 1.02. The van der Waals surface area contributed by atoms with E-state index in [0.717, 1.165) is 23.8 Å². The average Bonchev–Trinajstić information content (AvgIpc) is 2.78. The summed E-state index contributed by atoms with van der Waals surface area (Å²) in [7, 11) is -2.30. The summed E-state index contributed by atoms with van der Waals surface area (Å²) < 4.78 is 28.3. The Morgan fingerprint density at radius 3 is 2.73 bits per heavy atom. The topological polar surface area (TPSA) is 119 Å². The molecule has 1 N–H and O–H groups in total. The van der Waals surface area contributed by atoms with Crippen LogP contribution < -0.4 is 10.1 Å². The number of anilines is 2. The summed E-state index contributed by atoms with van der Waals surface area (Å²) in [6, 6.07) is 7.36. The molecule has 0 saturated carbocycles. The second kappa shape index (κ2) is 10.5. The van der Waals surface area contributed by atoms with Crippen LogP contribution >= 0.6 is 0 Å². The van der Waals surface area contributed by atoms with Crippen LogP contribution in [0.1, 0.15) is 39.2 Å². The molecule has 1 saturated heterocycles. The zero-order valence-corrected chi connectivity index (χ0v) is 23.0. The van der Waals surface area contributed by atoms with Gasteiger partial charge in [-0.25, -0.2) is 24.0 Å². The van der Waals surface area contributed by atoms with Crippen molar-refractivity contribution < 1.29 is 18.5 Å². The summed E-state index contributed by atoms with van der Waals surface area (Å²) in [6.45, 7) is 8.56. The van der Waals surface area contributed by atoms with E-state index in [4.69, 9.17) is 9.47 Å². The van der Waals surface area contributed by atoms with Crippen molar-refractivity contribution in [2.24, 2.45) is 4.36 Å². The molecule has 3 aromatic rings. The number of benzene rings is 1. The maximum absolute atomic E-state index is 12.6. The molecule has 3 heterocycles. The highest BCUT2D eigenvalue weighted by Gasteiger charge is 2.29. The molecule has 11 heteroatoms. The quantitative estimate of drug-likeness (QED) is 0.481. The number of pyridine rings is 1. The lowest BCUT2D eigenvalue weighted by Crippen LogP contribution is -2.46. The van der Waals surface area contributed by atoms with Gasteiger partial charge in [0.05, 0.1) is 17.7 Å². The number of aromatic nitrogens is 3. The first-order valence-electron chi connectivity index (χ1n) is 12.2. The zero-order chi connectivity index (χ0) is 26.8. The van der Waals surface area contributed by atoms with Crippen LogP contribution in [-0.4, -0.2) is 67.5 Å². The second-order valence-corrected chi connectivity index (χ2v) is 13.0. The predicted octanol–water partition coefficient (Wildman–Crippen LogP) is 5.21. The number of amides is 1. The van der Waals surface area contributed by atoms with E-state index in [0.29, 0.717) is 41.7 Å². The Kier molecular flexibility index (Phi) is 7.54. The fourth-order valence-corrected chi connectivity index (χ4v) is 4.78. The highest BCUT2D eigenvalue weighted by atomic mass is 32.2. The van der Waals surface area contributed by atoms with Crippen molar-refractivity contribution in [1.29, 1.82) is 0 Å². The lowest BCUT2D eigenvalue weighted by atomic mass is 10.1. The number of likely N-dealkylation sites (tertiary alicyclic amines) is 1. The molecule has 0 radical (unpaired) electrons. The van der Waals surface area contributed by atoms with E-state index in [1.165, 1.54) is 6.33 Å². The van der Waals surface area contributed by atoms with E-state index in [-0.39, 0.29) is 12.2 Å². The zero-order valence-electron chi connectivity index (χ0n) is 22.1. The minimum absolute atomic E-state index is 0.220. The molecular weight excluding hydrogens is 492 g/mol. The van der Waals surface area contributed by atoms with Gasteiger partial charge in [0.1, 0.15) is 29.5 Å². The molecule has 0 bridgehead atoms. The molecule has 37 heavy (non-hydrogen) atoms. The number of carbonyl (C=O) groups is 1. The molecule has 0 aliphatic carbocycles. The average molecular weight is 527 g/mol. The minimum Gasteiger partial charge on any atom is -0.471 e. The van der Waals surface area contributed by atoms with Crippen molar-refractivity contribution in [2.75, 3.05) is 30.9 Å². The summed E-state index contributed by atoms with van der Waals surface area (Å²) in [5, 5.41) is 4.17. The fourth-order valence-electron chi connectivity index (χ4n) is 4.17. The highest BCUT2D eigenvalue weighted by Crippen LogP contribution is 2.33. The van der Waals surface area contributed by atoms with Crippen LogP contribution in [0.15, 0.2) is 41.2 Å². The van der Waals surface area contributed by atoms with Crippen molar-refractivity contribution in [2.45, 2.75) is 52.2 Å². The van der Waals surface area contributed by atoms with Gasteiger partial charge >= 0.3 is 6.09 Å². The Balaban J connectivity index is 1.57. The van der Waals surface area contributed by atoms with Gasteiger partial charge in [-0.05, 0) is 70.4 Å². The van der Waals surface area contributed by atoms with Gasteiger partial charge in [-0.2, -0.15) is 4.36 Å². The van der Waals surface area contributed by atoms with E-state index in [2.05, 4.69) is 24.6 Å². The number of hydrogen-bond donors (Lipinski definition) is 1. The van der Waals surface area contributed by atoms with Crippen molar-refractivity contribution in [3.63, 3.8) is 0 Å². The smallest absolute Gasteiger partial charge is 0.410 e. The molecule has 2 aromatic heterocycles. The molecular formula is C26H34N6O4S. The van der Waals surface area contributed by atoms with Gasteiger partial charge in [0.15, 0.2) is 0 Å². The van der Waals surface area contributed by atoms with Crippen LogP contribution in [0.3, 0.4) is 0 Å². The highest BCUT2D eigenvalue weighted by molar-refractivity contribution is 7.92. The first-order valence-corrected chi connectivity index (χ1v) is 14.5. The van der Waals surface area contributed by atoms with Crippen LogP contribution in [0.25, 0.3) is 10.9 Å². The lowest BCUT2D eigenvalue weighted by molar-refractivity contribution is 0.00733. The Morgan fingerprint density at radius 1 is 1.22 bits per heavy atom. The Morgan fingerprint density at radius 2 is 2.00 bits per heavy atom. The molecule has 4 rings (SSSR count). The van der Waals surface area contributed by atoms with Crippen LogP contribution in [0.4, 0.5) is 22.0 Å². The Hall–Kier alpha value is -3.47. The number of nitrogens with zero attached hydrogens (tertiary/aromatic N) is 5. The third kappa shape index (κ3) is 7.06. The second-order valence-electron chi connectivity index (χ2n) is 10.4. The maximum atomic E-state index is 12.6. The molecule has 1 fully saturated rings. The van der Waals surface area contributed by atoms with E-state index < -0.39 is 15.3 Å². The van der Waals surface area contributed by atoms with Gasteiger partial charge in [-0.15, -0.1) is 0 Å². The molecule has 1 aliphatic rings. The summed E-state index contributed by atoms with van der Waals surface area (Å²) >= 11 is 0. The molecule has 1 aliphatic heterocycles. The van der Waals surface area contributed by atoms with Gasteiger partial charge in [0, 0.05) is 40.4 Å². The monoisotopic (exact) mass is 526 g/mol. The first-order chi connectivity index (χ1) is 17.4. The number of hydrogen-bond acceptors (Lipinski definition) is 9. The third-order valence-corrected chi connectivity index (χ3v) is 6.23. The molecule has 1 amide bonds. The van der Waals surface area contributed by atoms with Gasteiger partial charge in [0.2, 0.25) is 5.88 Å². The molecule has 1 unspecified atom stereocenters. The van der Waals surface area contributed by atoms with Gasteiger partial charge in [-0.1, -0.05) is 0 Å². The molecule has 198 valence electrons. The van der Waals surface area contributed by atoms with Crippen molar-refractivity contribution in [3.8, 4) is 5.88 Å². The number of fused-ring (bicyclic) bond motifs is 1. The Labute approximate surface area is 218 Å². The maximum Gasteiger partial charge on any atom is 0.410 e. The molecule has 1 atom stereocenters. The van der Waals surface area contributed by atoms with Crippen LogP contribution in [-0.2, 0) is 14.5 Å². The van der Waals surface area contributed by atoms with E-state index in [1.54, 1.807) is 29.7 Å². The Bertz CT molecular complexity index is 1420. The van der Waals surface area contributed by atoms with E-state index in [9.17, 15) is 9.00 Å². The lowest BCUT2D eigenvalue weighted by Gasteiger charge is -2.34. The van der Waals surface area contributed by atoms with Crippen molar-refractivity contribution in [1.82, 2.24) is 19.9 Å². The fraction of sp³-hybridized carbons (Fsp3) is 0.462. The van der Waals surface area contributed by atoms with Crippen molar-refractivity contribution in [3.05, 3.63) is 42.4 Å². The standard InChI is InChI=1S/C26H34N6O4S/c1-17-13-18(31-37(5,6)34)14-21-22(17)23(29-16-28-21)30-20-10-7-11-27-24(20)35-19-9-8-12-32(15-19)25(33)36-26(2,3)4/h7,10-11,13-14,16,19H,8-9,12,15H2,1-6H3,(H,28,29,30). The predicted molar refractivity (Wildman–Crippen MR) is 145 cm³/mol. The SMILES string of the molecule is Cc1cc(N=S(C)(C)=O)cc2ncnc(Nc3cccnc3OC3CCCN(C(=O)OC(C)(C)C)C3)c12. The number of nitrogens with one attached hydrogen (secondary N) is 1. The summed E-state index contributed by atoms with van der Waals surface area (Å²) in [5.41, 5.74) is 2.29. The van der Waals surface area contributed by atoms with E-state index in [1.807, 2.05) is 45.9 Å². The largest absolute Gasteiger partial charge is 0.471 e. The summed E-state index contributed by atoms with van der Waals surface area (Å²) in [4.78, 5) is 27.6. The third-order valence-electron chi connectivity index (χ3n) is 5.58. The number of carbonyl (C=O) groups excluding carboxylic acids is 1. The molecule has 10 nitrogen and oxygen atoms in total. The van der Waals surface area contributed by atoms with Crippen molar-refractivity contribution >= 4 is 43.9 Å². The number of ether oxygens (including phenoxy) is 2. The van der Waals surface area contributed by atoms with Gasteiger partial charge < -0.3 is 19.7 Å². The van der Waals surface area contributed by atoms with E-state index >= 15 is 0 Å². The number of aryl methyl sites for hydroxylation is 1. The van der Waals surface area contributed by atoms with Crippen LogP contribution in [0.5, 0.6) is 5.88 Å². The number of rotatable bonds is 5. The summed E-state index contributed by atoms with van der Waals surface area (Å²) in [6.07, 6.45) is 7.39. The van der Waals surface area contributed by atoms with Gasteiger partial charge in [0.25, 0.3) is 0 Å². The van der Waals surface area contributed by atoms with Crippen LogP contribution in [0, 0.1) is 6.92 Å². The minimum atomic E-state index is -2.30. The van der Waals surface area contributed by atoms with Crippen LogP contribution in [0.2, 0.25) is 0 Å².